The molecule has 2 N–H and O–H groups in total. The number of aromatic nitrogens is 1. The normalized spacial score (nSPS) is 13.6. The first-order valence-electron chi connectivity index (χ1n) is 7.80. The summed E-state index contributed by atoms with van der Waals surface area (Å²) in [6.45, 7) is 2.63. The maximum atomic E-state index is 12.6. The summed E-state index contributed by atoms with van der Waals surface area (Å²) in [5, 5.41) is 0. The highest BCUT2D eigenvalue weighted by Gasteiger charge is 2.22. The predicted molar refractivity (Wildman–Crippen MR) is 97.6 cm³/mol. The summed E-state index contributed by atoms with van der Waals surface area (Å²) in [4.78, 5) is 30.8. The molecule has 0 fully saturated rings. The number of rotatable bonds is 5. The number of para-hydroxylation sites is 1. The Labute approximate surface area is 149 Å². The highest BCUT2D eigenvalue weighted by Crippen LogP contribution is 2.30. The van der Waals surface area contributed by atoms with E-state index in [0.717, 1.165) is 40.0 Å². The van der Waals surface area contributed by atoms with Gasteiger partial charge in [-0.15, -0.1) is 11.3 Å². The average molecular weight is 361 g/mol. The molecule has 0 radical (unpaired) electrons. The van der Waals surface area contributed by atoms with Crippen LogP contribution in [0.15, 0.2) is 28.6 Å². The smallest absolute Gasteiger partial charge is 0.237 e. The van der Waals surface area contributed by atoms with Crippen molar-refractivity contribution < 1.29 is 9.59 Å². The molecule has 0 saturated heterocycles. The molecular formula is C17H19N3O2S2. The summed E-state index contributed by atoms with van der Waals surface area (Å²) in [6, 6.07) is 8.08. The summed E-state index contributed by atoms with van der Waals surface area (Å²) in [6.07, 6.45) is 2.22. The van der Waals surface area contributed by atoms with Crippen LogP contribution in [0.5, 0.6) is 0 Å². The van der Waals surface area contributed by atoms with Crippen molar-refractivity contribution >= 4 is 40.6 Å². The molecule has 2 heterocycles. The van der Waals surface area contributed by atoms with Crippen LogP contribution in [-0.2, 0) is 22.4 Å². The third-order valence-corrected chi connectivity index (χ3v) is 6.22. The van der Waals surface area contributed by atoms with Gasteiger partial charge in [0.25, 0.3) is 0 Å². The van der Waals surface area contributed by atoms with Crippen LogP contribution in [0.1, 0.15) is 22.6 Å². The molecule has 5 nitrogen and oxygen atoms in total. The average Bonchev–Trinajstić information content (AvgIpc) is 2.91. The largest absolute Gasteiger partial charge is 0.369 e. The molecule has 24 heavy (non-hydrogen) atoms. The first-order valence-corrected chi connectivity index (χ1v) is 9.60. The minimum atomic E-state index is -0.362. The Kier molecular flexibility index (Phi) is 5.20. The Morgan fingerprint density at radius 2 is 2.17 bits per heavy atom. The van der Waals surface area contributed by atoms with E-state index in [4.69, 9.17) is 5.73 Å². The summed E-state index contributed by atoms with van der Waals surface area (Å²) in [5.74, 6) is 0.0767. The van der Waals surface area contributed by atoms with Crippen LogP contribution in [-0.4, -0.2) is 29.1 Å². The second kappa shape index (κ2) is 7.36. The number of nitrogens with two attached hydrogens (primary N) is 1. The van der Waals surface area contributed by atoms with Crippen LogP contribution in [0.3, 0.4) is 0 Å². The molecule has 0 bridgehead atoms. The molecule has 0 aliphatic carbocycles. The number of carbonyl (C=O) groups excluding carboxylic acids is 2. The van der Waals surface area contributed by atoms with Crippen molar-refractivity contribution in [2.75, 3.05) is 17.2 Å². The summed E-state index contributed by atoms with van der Waals surface area (Å²) >= 11 is 2.87. The number of nitrogens with zero attached hydrogens (tertiary/aromatic N) is 2. The first kappa shape index (κ1) is 17.0. The van der Waals surface area contributed by atoms with Gasteiger partial charge < -0.3 is 10.6 Å². The van der Waals surface area contributed by atoms with Gasteiger partial charge in [-0.2, -0.15) is 0 Å². The zero-order valence-corrected chi connectivity index (χ0v) is 15.1. The fourth-order valence-corrected chi connectivity index (χ4v) is 4.90. The maximum absolute atomic E-state index is 12.6. The molecule has 1 aromatic carbocycles. The minimum Gasteiger partial charge on any atom is -0.369 e. The highest BCUT2D eigenvalue weighted by molar-refractivity contribution is 8.01. The number of carbonyl (C=O) groups is 2. The second-order valence-electron chi connectivity index (χ2n) is 5.70. The molecule has 3 rings (SSSR count). The van der Waals surface area contributed by atoms with E-state index in [2.05, 4.69) is 11.1 Å². The molecule has 0 saturated carbocycles. The maximum Gasteiger partial charge on any atom is 0.237 e. The molecule has 0 spiro atoms. The Bertz CT molecular complexity index is 773. The first-order chi connectivity index (χ1) is 11.5. The molecule has 2 aromatic rings. The summed E-state index contributed by atoms with van der Waals surface area (Å²) in [5.41, 5.74) is 8.32. The van der Waals surface area contributed by atoms with E-state index in [-0.39, 0.29) is 18.2 Å². The van der Waals surface area contributed by atoms with Crippen molar-refractivity contribution in [1.29, 1.82) is 0 Å². The van der Waals surface area contributed by atoms with Crippen molar-refractivity contribution in [3.05, 3.63) is 40.4 Å². The molecule has 0 unspecified atom stereocenters. The number of thiazole rings is 1. The second-order valence-corrected chi connectivity index (χ2v) is 8.00. The van der Waals surface area contributed by atoms with E-state index in [1.807, 2.05) is 30.0 Å². The molecule has 1 aromatic heterocycles. The number of primary amides is 1. The standard InChI is InChI=1S/C17H19N3O2S2/c1-11-14(9-15(18)21)24-17(19-11)23-10-16(22)20-8-4-6-12-5-2-3-7-13(12)20/h2-3,5,7H,4,6,8-10H2,1H3,(H2,18,21). The topological polar surface area (TPSA) is 76.3 Å². The van der Waals surface area contributed by atoms with Gasteiger partial charge in [-0.25, -0.2) is 4.98 Å². The van der Waals surface area contributed by atoms with Gasteiger partial charge >= 0.3 is 0 Å². The number of benzene rings is 1. The molecule has 7 heteroatoms. The number of amides is 2. The third-order valence-electron chi connectivity index (χ3n) is 3.94. The lowest BCUT2D eigenvalue weighted by molar-refractivity contribution is -0.117. The highest BCUT2D eigenvalue weighted by atomic mass is 32.2. The van der Waals surface area contributed by atoms with Crippen molar-refractivity contribution in [2.24, 2.45) is 5.73 Å². The monoisotopic (exact) mass is 361 g/mol. The zero-order valence-electron chi connectivity index (χ0n) is 13.4. The Morgan fingerprint density at radius 3 is 2.96 bits per heavy atom. The van der Waals surface area contributed by atoms with E-state index in [1.54, 1.807) is 0 Å². The molecule has 2 amide bonds. The minimum absolute atomic E-state index is 0.0939. The van der Waals surface area contributed by atoms with Crippen LogP contribution in [0.4, 0.5) is 5.69 Å². The van der Waals surface area contributed by atoms with Gasteiger partial charge in [-0.3, -0.25) is 9.59 Å². The summed E-state index contributed by atoms with van der Waals surface area (Å²) in [7, 11) is 0. The molecule has 1 aliphatic rings. The Hall–Kier alpha value is -1.86. The zero-order chi connectivity index (χ0) is 17.1. The van der Waals surface area contributed by atoms with Crippen molar-refractivity contribution in [2.45, 2.75) is 30.5 Å². The van der Waals surface area contributed by atoms with Crippen LogP contribution >= 0.6 is 23.1 Å². The lowest BCUT2D eigenvalue weighted by atomic mass is 10.0. The van der Waals surface area contributed by atoms with E-state index in [9.17, 15) is 9.59 Å². The van der Waals surface area contributed by atoms with Crippen molar-refractivity contribution in [3.8, 4) is 0 Å². The van der Waals surface area contributed by atoms with Gasteiger partial charge in [0, 0.05) is 17.1 Å². The predicted octanol–water partition coefficient (Wildman–Crippen LogP) is 2.55. The quantitative estimate of drug-likeness (QED) is 0.831. The van der Waals surface area contributed by atoms with Crippen LogP contribution < -0.4 is 10.6 Å². The molecule has 1 aliphatic heterocycles. The molecular weight excluding hydrogens is 342 g/mol. The number of aryl methyl sites for hydroxylation is 2. The van der Waals surface area contributed by atoms with Gasteiger partial charge in [0.15, 0.2) is 4.34 Å². The van der Waals surface area contributed by atoms with E-state index in [0.29, 0.717) is 5.75 Å². The van der Waals surface area contributed by atoms with E-state index >= 15 is 0 Å². The number of fused-ring (bicyclic) bond motifs is 1. The fourth-order valence-electron chi connectivity index (χ4n) is 2.78. The van der Waals surface area contributed by atoms with Gasteiger partial charge in [0.2, 0.25) is 11.8 Å². The van der Waals surface area contributed by atoms with Gasteiger partial charge in [-0.05, 0) is 31.4 Å². The lowest BCUT2D eigenvalue weighted by Crippen LogP contribution is -2.36. The van der Waals surface area contributed by atoms with Gasteiger partial charge in [0.05, 0.1) is 17.9 Å². The number of hydrogen-bond acceptors (Lipinski definition) is 5. The van der Waals surface area contributed by atoms with E-state index < -0.39 is 0 Å². The summed E-state index contributed by atoms with van der Waals surface area (Å²) < 4.78 is 0.808. The van der Waals surface area contributed by atoms with Gasteiger partial charge in [-0.1, -0.05) is 30.0 Å². The fraction of sp³-hybridized carbons (Fsp3) is 0.353. The lowest BCUT2D eigenvalue weighted by Gasteiger charge is -2.29. The van der Waals surface area contributed by atoms with Crippen LogP contribution in [0.25, 0.3) is 0 Å². The van der Waals surface area contributed by atoms with E-state index in [1.165, 1.54) is 28.7 Å². The van der Waals surface area contributed by atoms with Crippen LogP contribution in [0.2, 0.25) is 0 Å². The Balaban J connectivity index is 1.65. The third kappa shape index (κ3) is 3.79. The molecule has 126 valence electrons. The van der Waals surface area contributed by atoms with Crippen LogP contribution in [0, 0.1) is 6.92 Å². The molecule has 0 atom stereocenters. The van der Waals surface area contributed by atoms with Crippen molar-refractivity contribution in [1.82, 2.24) is 4.98 Å². The van der Waals surface area contributed by atoms with Gasteiger partial charge in [0.1, 0.15) is 0 Å². The SMILES string of the molecule is Cc1nc(SCC(=O)N2CCCc3ccccc32)sc1CC(N)=O. The number of anilines is 1. The number of thioether (sulfide) groups is 1. The Morgan fingerprint density at radius 1 is 1.38 bits per heavy atom. The van der Waals surface area contributed by atoms with Crippen molar-refractivity contribution in [3.63, 3.8) is 0 Å². The number of hydrogen-bond donors (Lipinski definition) is 1.